The maximum Gasteiger partial charge on any atom is 0.451 e. The second-order valence-electron chi connectivity index (χ2n) is 4.90. The molecule has 0 saturated carbocycles. The Balaban J connectivity index is 1.74. The summed E-state index contributed by atoms with van der Waals surface area (Å²) in [5, 5.41) is 2.65. The van der Waals surface area contributed by atoms with Crippen LogP contribution in [0.2, 0.25) is 0 Å². The number of para-hydroxylation sites is 1. The Hall–Kier alpha value is -3.36. The van der Waals surface area contributed by atoms with Gasteiger partial charge in [0, 0.05) is 5.69 Å². The molecule has 0 spiro atoms. The van der Waals surface area contributed by atoms with Gasteiger partial charge in [0.2, 0.25) is 17.7 Å². The van der Waals surface area contributed by atoms with E-state index in [9.17, 15) is 13.2 Å². The van der Waals surface area contributed by atoms with Gasteiger partial charge in [-0.15, -0.1) is 0 Å². The van der Waals surface area contributed by atoms with Crippen LogP contribution in [0.3, 0.4) is 0 Å². The molecule has 2 aromatic carbocycles. The Morgan fingerprint density at radius 1 is 0.840 bits per heavy atom. The van der Waals surface area contributed by atoms with Crippen molar-refractivity contribution in [3.05, 3.63) is 60.4 Å². The standard InChI is InChI=1S/C16H12F3N5O/c17-16(18,19)13-22-14(20)24-15(23-13)21-10-6-8-12(9-7-10)25-11-4-2-1-3-5-11/h1-9H,(H3,20,21,22,23,24). The van der Waals surface area contributed by atoms with E-state index in [1.54, 1.807) is 36.4 Å². The zero-order valence-electron chi connectivity index (χ0n) is 12.7. The molecule has 0 aliphatic rings. The van der Waals surface area contributed by atoms with Crippen molar-refractivity contribution in [2.24, 2.45) is 0 Å². The molecular formula is C16H12F3N5O. The summed E-state index contributed by atoms with van der Waals surface area (Å²) in [5.41, 5.74) is 5.77. The van der Waals surface area contributed by atoms with Gasteiger partial charge < -0.3 is 15.8 Å². The Kier molecular flexibility index (Phi) is 4.38. The molecule has 0 aliphatic heterocycles. The first-order valence-electron chi connectivity index (χ1n) is 7.09. The van der Waals surface area contributed by atoms with Gasteiger partial charge in [-0.1, -0.05) is 18.2 Å². The average molecular weight is 347 g/mol. The number of nitrogens with one attached hydrogen (secondary N) is 1. The molecule has 3 N–H and O–H groups in total. The Bertz CT molecular complexity index is 854. The quantitative estimate of drug-likeness (QED) is 0.742. The van der Waals surface area contributed by atoms with Gasteiger partial charge in [-0.3, -0.25) is 0 Å². The minimum Gasteiger partial charge on any atom is -0.457 e. The monoisotopic (exact) mass is 347 g/mol. The lowest BCUT2D eigenvalue weighted by Gasteiger charge is -2.10. The lowest BCUT2D eigenvalue weighted by Crippen LogP contribution is -2.15. The number of halogens is 3. The SMILES string of the molecule is Nc1nc(Nc2ccc(Oc3ccccc3)cc2)nc(C(F)(F)F)n1. The molecule has 3 rings (SSSR count). The highest BCUT2D eigenvalue weighted by Crippen LogP contribution is 2.28. The number of ether oxygens (including phenoxy) is 1. The summed E-state index contributed by atoms with van der Waals surface area (Å²) < 4.78 is 43.7. The smallest absolute Gasteiger partial charge is 0.451 e. The van der Waals surface area contributed by atoms with Crippen LogP contribution in [-0.4, -0.2) is 15.0 Å². The molecule has 1 heterocycles. The number of nitrogens with two attached hydrogens (primary N) is 1. The number of alkyl halides is 3. The van der Waals surface area contributed by atoms with E-state index in [2.05, 4.69) is 20.3 Å². The topological polar surface area (TPSA) is 86.0 Å². The van der Waals surface area contributed by atoms with E-state index >= 15 is 0 Å². The van der Waals surface area contributed by atoms with Gasteiger partial charge in [-0.2, -0.15) is 28.1 Å². The van der Waals surface area contributed by atoms with E-state index < -0.39 is 17.9 Å². The zero-order chi connectivity index (χ0) is 17.9. The first kappa shape index (κ1) is 16.5. The Labute approximate surface area is 140 Å². The van der Waals surface area contributed by atoms with Crippen LogP contribution in [0.1, 0.15) is 5.82 Å². The molecule has 9 heteroatoms. The largest absolute Gasteiger partial charge is 0.457 e. The fourth-order valence-corrected chi connectivity index (χ4v) is 1.94. The first-order valence-corrected chi connectivity index (χ1v) is 7.09. The highest BCUT2D eigenvalue weighted by Gasteiger charge is 2.35. The highest BCUT2D eigenvalue weighted by molar-refractivity contribution is 5.55. The number of benzene rings is 2. The molecule has 0 aliphatic carbocycles. The number of rotatable bonds is 4. The van der Waals surface area contributed by atoms with E-state index in [0.717, 1.165) is 0 Å². The fraction of sp³-hybridized carbons (Fsp3) is 0.0625. The highest BCUT2D eigenvalue weighted by atomic mass is 19.4. The molecule has 0 unspecified atom stereocenters. The normalized spacial score (nSPS) is 11.2. The molecule has 0 bridgehead atoms. The molecule has 128 valence electrons. The van der Waals surface area contributed by atoms with Crippen molar-refractivity contribution in [3.8, 4) is 11.5 Å². The predicted octanol–water partition coefficient (Wildman–Crippen LogP) is 4.01. The van der Waals surface area contributed by atoms with Crippen LogP contribution in [0.5, 0.6) is 11.5 Å². The van der Waals surface area contributed by atoms with Gasteiger partial charge in [-0.05, 0) is 36.4 Å². The number of anilines is 3. The Morgan fingerprint density at radius 2 is 1.48 bits per heavy atom. The van der Waals surface area contributed by atoms with Crippen molar-refractivity contribution in [2.75, 3.05) is 11.1 Å². The number of hydrogen-bond donors (Lipinski definition) is 2. The van der Waals surface area contributed by atoms with Crippen LogP contribution >= 0.6 is 0 Å². The third-order valence-electron chi connectivity index (χ3n) is 3.00. The van der Waals surface area contributed by atoms with E-state index in [4.69, 9.17) is 10.5 Å². The minimum atomic E-state index is -4.71. The predicted molar refractivity (Wildman–Crippen MR) is 85.5 cm³/mol. The fourth-order valence-electron chi connectivity index (χ4n) is 1.94. The average Bonchev–Trinajstić information content (AvgIpc) is 2.56. The van der Waals surface area contributed by atoms with E-state index in [1.165, 1.54) is 0 Å². The van der Waals surface area contributed by atoms with Crippen molar-refractivity contribution in [2.45, 2.75) is 6.18 Å². The van der Waals surface area contributed by atoms with Crippen LogP contribution in [0.15, 0.2) is 54.6 Å². The van der Waals surface area contributed by atoms with Crippen molar-refractivity contribution in [1.29, 1.82) is 0 Å². The van der Waals surface area contributed by atoms with Crippen LogP contribution in [0.4, 0.5) is 30.8 Å². The summed E-state index contributed by atoms with van der Waals surface area (Å²) >= 11 is 0. The maximum atomic E-state index is 12.7. The van der Waals surface area contributed by atoms with Crippen molar-refractivity contribution >= 4 is 17.6 Å². The van der Waals surface area contributed by atoms with E-state index in [-0.39, 0.29) is 5.95 Å². The minimum absolute atomic E-state index is 0.295. The van der Waals surface area contributed by atoms with Gasteiger partial charge in [0.05, 0.1) is 0 Å². The maximum absolute atomic E-state index is 12.7. The van der Waals surface area contributed by atoms with Crippen molar-refractivity contribution < 1.29 is 17.9 Å². The zero-order valence-corrected chi connectivity index (χ0v) is 12.7. The van der Waals surface area contributed by atoms with E-state index in [0.29, 0.717) is 17.2 Å². The van der Waals surface area contributed by atoms with Gasteiger partial charge >= 0.3 is 6.18 Å². The summed E-state index contributed by atoms with van der Waals surface area (Å²) in [4.78, 5) is 10.0. The molecule has 25 heavy (non-hydrogen) atoms. The molecule has 0 radical (unpaired) electrons. The number of nitrogen functional groups attached to an aromatic ring is 1. The van der Waals surface area contributed by atoms with Crippen molar-refractivity contribution in [3.63, 3.8) is 0 Å². The number of hydrogen-bond acceptors (Lipinski definition) is 6. The lowest BCUT2D eigenvalue weighted by molar-refractivity contribution is -0.144. The van der Waals surface area contributed by atoms with Gasteiger partial charge in [-0.25, -0.2) is 0 Å². The summed E-state index contributed by atoms with van der Waals surface area (Å²) in [6.45, 7) is 0. The summed E-state index contributed by atoms with van der Waals surface area (Å²) in [6.07, 6.45) is -4.71. The van der Waals surface area contributed by atoms with Crippen LogP contribution in [0.25, 0.3) is 0 Å². The lowest BCUT2D eigenvalue weighted by atomic mass is 10.3. The molecule has 0 atom stereocenters. The molecule has 1 aromatic heterocycles. The van der Waals surface area contributed by atoms with E-state index in [1.807, 2.05) is 18.2 Å². The molecular weight excluding hydrogens is 335 g/mol. The second-order valence-corrected chi connectivity index (χ2v) is 4.90. The third-order valence-corrected chi connectivity index (χ3v) is 3.00. The molecule has 3 aromatic rings. The van der Waals surface area contributed by atoms with Gasteiger partial charge in [0.25, 0.3) is 0 Å². The molecule has 6 nitrogen and oxygen atoms in total. The molecule has 0 saturated heterocycles. The van der Waals surface area contributed by atoms with Crippen LogP contribution < -0.4 is 15.8 Å². The van der Waals surface area contributed by atoms with Crippen LogP contribution in [-0.2, 0) is 6.18 Å². The van der Waals surface area contributed by atoms with Crippen molar-refractivity contribution in [1.82, 2.24) is 15.0 Å². The summed E-state index contributed by atoms with van der Waals surface area (Å²) in [6, 6.07) is 15.7. The van der Waals surface area contributed by atoms with Crippen LogP contribution in [0, 0.1) is 0 Å². The van der Waals surface area contributed by atoms with Gasteiger partial charge in [0.15, 0.2) is 0 Å². The van der Waals surface area contributed by atoms with Gasteiger partial charge in [0.1, 0.15) is 11.5 Å². The Morgan fingerprint density at radius 3 is 2.12 bits per heavy atom. The number of aromatic nitrogens is 3. The molecule has 0 amide bonds. The second kappa shape index (κ2) is 6.63. The third kappa shape index (κ3) is 4.34. The summed E-state index contributed by atoms with van der Waals surface area (Å²) in [7, 11) is 0. The molecule has 0 fully saturated rings. The summed E-state index contributed by atoms with van der Waals surface area (Å²) in [5.74, 6) is -0.928. The number of nitrogens with zero attached hydrogens (tertiary/aromatic N) is 3. The first-order chi connectivity index (χ1) is 11.9.